The summed E-state index contributed by atoms with van der Waals surface area (Å²) in [5, 5.41) is 5.84. The van der Waals surface area contributed by atoms with Crippen molar-refractivity contribution in [3.8, 4) is 0 Å². The van der Waals surface area contributed by atoms with E-state index in [-0.39, 0.29) is 0 Å². The van der Waals surface area contributed by atoms with Crippen molar-refractivity contribution in [1.82, 2.24) is 10.3 Å². The second-order valence-corrected chi connectivity index (χ2v) is 7.27. The van der Waals surface area contributed by atoms with Crippen molar-refractivity contribution >= 4 is 33.2 Å². The molecule has 2 heterocycles. The third-order valence-electron chi connectivity index (χ3n) is 4.53. The molecule has 1 saturated carbocycles. The molecule has 0 bridgehead atoms. The normalized spacial score (nSPS) is 30.7. The Kier molecular flexibility index (Phi) is 3.02. The van der Waals surface area contributed by atoms with Gasteiger partial charge in [0.25, 0.3) is 0 Å². The molecule has 1 saturated heterocycles. The van der Waals surface area contributed by atoms with E-state index in [0.717, 1.165) is 22.5 Å². The summed E-state index contributed by atoms with van der Waals surface area (Å²) in [6, 6.07) is 7.17. The molecule has 4 heteroatoms. The van der Waals surface area contributed by atoms with Crippen molar-refractivity contribution in [2.24, 2.45) is 5.92 Å². The summed E-state index contributed by atoms with van der Waals surface area (Å²) >= 11 is 7.85. The van der Waals surface area contributed by atoms with Crippen LogP contribution in [0.1, 0.15) is 43.2 Å². The highest BCUT2D eigenvalue weighted by Crippen LogP contribution is 2.41. The molecule has 100 valence electrons. The number of nitrogens with zero attached hydrogens (tertiary/aromatic N) is 1. The first kappa shape index (κ1) is 12.1. The summed E-state index contributed by atoms with van der Waals surface area (Å²) in [6.07, 6.45) is 6.79. The summed E-state index contributed by atoms with van der Waals surface area (Å²) in [4.78, 5) is 4.79. The van der Waals surface area contributed by atoms with Gasteiger partial charge >= 0.3 is 0 Å². The molecule has 2 fully saturated rings. The number of hydrogen-bond donors (Lipinski definition) is 1. The number of fused-ring (bicyclic) bond motifs is 2. The number of aromatic nitrogens is 1. The SMILES string of the molecule is Clc1ccc2nc(C3CC4CCCCC4N3)sc2c1. The molecular weight excluding hydrogens is 276 g/mol. The molecule has 1 aliphatic heterocycles. The van der Waals surface area contributed by atoms with Crippen LogP contribution in [0.15, 0.2) is 18.2 Å². The van der Waals surface area contributed by atoms with E-state index in [2.05, 4.69) is 5.32 Å². The fraction of sp³-hybridized carbons (Fsp3) is 0.533. The van der Waals surface area contributed by atoms with Gasteiger partial charge in [-0.25, -0.2) is 4.98 Å². The molecule has 0 amide bonds. The zero-order valence-corrected chi connectivity index (χ0v) is 12.3. The summed E-state index contributed by atoms with van der Waals surface area (Å²) in [6.45, 7) is 0. The van der Waals surface area contributed by atoms with E-state index in [1.54, 1.807) is 11.3 Å². The first-order chi connectivity index (χ1) is 9.29. The van der Waals surface area contributed by atoms with Crippen molar-refractivity contribution in [2.45, 2.75) is 44.2 Å². The van der Waals surface area contributed by atoms with Crippen LogP contribution < -0.4 is 5.32 Å². The molecule has 2 nitrogen and oxygen atoms in total. The Labute approximate surface area is 122 Å². The van der Waals surface area contributed by atoms with Crippen LogP contribution in [-0.2, 0) is 0 Å². The van der Waals surface area contributed by atoms with Crippen LogP contribution in [0.2, 0.25) is 5.02 Å². The van der Waals surface area contributed by atoms with Crippen molar-refractivity contribution < 1.29 is 0 Å². The summed E-state index contributed by atoms with van der Waals surface area (Å²) in [5.41, 5.74) is 1.08. The molecule has 0 radical (unpaired) electrons. The first-order valence-corrected chi connectivity index (χ1v) is 8.31. The number of nitrogens with one attached hydrogen (secondary N) is 1. The minimum atomic E-state index is 0.462. The van der Waals surface area contributed by atoms with Gasteiger partial charge in [0.05, 0.1) is 16.3 Å². The molecule has 3 unspecified atom stereocenters. The van der Waals surface area contributed by atoms with Crippen molar-refractivity contribution in [3.05, 3.63) is 28.2 Å². The molecule has 19 heavy (non-hydrogen) atoms. The average molecular weight is 293 g/mol. The lowest BCUT2D eigenvalue weighted by Gasteiger charge is -2.24. The standard InChI is InChI=1S/C15H17ClN2S/c16-10-5-6-12-14(8-10)19-15(18-12)13-7-9-3-1-2-4-11(9)17-13/h5-6,8-9,11,13,17H,1-4,7H2. The Hall–Kier alpha value is -0.640. The van der Waals surface area contributed by atoms with Gasteiger partial charge in [-0.3, -0.25) is 0 Å². The van der Waals surface area contributed by atoms with Crippen LogP contribution in [0.3, 0.4) is 0 Å². The van der Waals surface area contributed by atoms with E-state index in [0.29, 0.717) is 6.04 Å². The molecule has 2 aromatic rings. The minimum Gasteiger partial charge on any atom is -0.305 e. The third kappa shape index (κ3) is 2.18. The fourth-order valence-corrected chi connectivity index (χ4v) is 4.89. The van der Waals surface area contributed by atoms with Gasteiger partial charge in [0.2, 0.25) is 0 Å². The highest BCUT2D eigenvalue weighted by atomic mass is 35.5. The molecule has 1 aromatic heterocycles. The van der Waals surface area contributed by atoms with Crippen LogP contribution in [0.4, 0.5) is 0 Å². The van der Waals surface area contributed by atoms with Gasteiger partial charge < -0.3 is 5.32 Å². The Morgan fingerprint density at radius 3 is 3.05 bits per heavy atom. The predicted octanol–water partition coefficient (Wildman–Crippen LogP) is 4.54. The highest BCUT2D eigenvalue weighted by Gasteiger charge is 2.36. The van der Waals surface area contributed by atoms with Gasteiger partial charge in [0.15, 0.2) is 0 Å². The van der Waals surface area contributed by atoms with Crippen LogP contribution in [0, 0.1) is 5.92 Å². The van der Waals surface area contributed by atoms with Crippen LogP contribution in [0.25, 0.3) is 10.2 Å². The number of halogens is 1. The van der Waals surface area contributed by atoms with Gasteiger partial charge in [-0.05, 0) is 43.4 Å². The van der Waals surface area contributed by atoms with E-state index >= 15 is 0 Å². The van der Waals surface area contributed by atoms with E-state index in [1.807, 2.05) is 18.2 Å². The second-order valence-electron chi connectivity index (χ2n) is 5.77. The zero-order valence-electron chi connectivity index (χ0n) is 10.7. The third-order valence-corrected chi connectivity index (χ3v) is 5.89. The van der Waals surface area contributed by atoms with Crippen LogP contribution in [-0.4, -0.2) is 11.0 Å². The Morgan fingerprint density at radius 2 is 2.16 bits per heavy atom. The molecule has 0 spiro atoms. The molecule has 1 aliphatic carbocycles. The summed E-state index contributed by atoms with van der Waals surface area (Å²) in [7, 11) is 0. The maximum atomic E-state index is 6.05. The lowest BCUT2D eigenvalue weighted by Crippen LogP contribution is -2.30. The van der Waals surface area contributed by atoms with E-state index in [1.165, 1.54) is 41.8 Å². The van der Waals surface area contributed by atoms with Crippen molar-refractivity contribution in [3.63, 3.8) is 0 Å². The molecule has 4 rings (SSSR count). The lowest BCUT2D eigenvalue weighted by molar-refractivity contribution is 0.325. The van der Waals surface area contributed by atoms with Gasteiger partial charge in [-0.2, -0.15) is 0 Å². The smallest absolute Gasteiger partial charge is 0.111 e. The molecule has 2 aliphatic rings. The van der Waals surface area contributed by atoms with Gasteiger partial charge in [-0.1, -0.05) is 24.4 Å². The maximum absolute atomic E-state index is 6.05. The number of benzene rings is 1. The topological polar surface area (TPSA) is 24.9 Å². The average Bonchev–Trinajstić information content (AvgIpc) is 3.00. The number of rotatable bonds is 1. The van der Waals surface area contributed by atoms with Gasteiger partial charge in [0, 0.05) is 11.1 Å². The first-order valence-electron chi connectivity index (χ1n) is 7.11. The molecule has 1 aromatic carbocycles. The van der Waals surface area contributed by atoms with Gasteiger partial charge in [-0.15, -0.1) is 11.3 Å². The van der Waals surface area contributed by atoms with E-state index in [4.69, 9.17) is 16.6 Å². The monoisotopic (exact) mass is 292 g/mol. The minimum absolute atomic E-state index is 0.462. The van der Waals surface area contributed by atoms with Crippen LogP contribution >= 0.6 is 22.9 Å². The Bertz CT molecular complexity index is 595. The summed E-state index contributed by atoms with van der Waals surface area (Å²) < 4.78 is 1.21. The van der Waals surface area contributed by atoms with Gasteiger partial charge in [0.1, 0.15) is 5.01 Å². The molecule has 1 N–H and O–H groups in total. The van der Waals surface area contributed by atoms with Crippen molar-refractivity contribution in [2.75, 3.05) is 0 Å². The van der Waals surface area contributed by atoms with Crippen LogP contribution in [0.5, 0.6) is 0 Å². The quantitative estimate of drug-likeness (QED) is 0.834. The Balaban J connectivity index is 1.64. The highest BCUT2D eigenvalue weighted by molar-refractivity contribution is 7.18. The molecule has 3 atom stereocenters. The maximum Gasteiger partial charge on any atom is 0.111 e. The molecular formula is C15H17ClN2S. The Morgan fingerprint density at radius 1 is 1.26 bits per heavy atom. The lowest BCUT2D eigenvalue weighted by atomic mass is 9.85. The largest absolute Gasteiger partial charge is 0.305 e. The summed E-state index contributed by atoms with van der Waals surface area (Å²) in [5.74, 6) is 0.870. The second kappa shape index (κ2) is 4.72. The van der Waals surface area contributed by atoms with Crippen molar-refractivity contribution in [1.29, 1.82) is 0 Å². The number of thiazole rings is 1. The number of hydrogen-bond acceptors (Lipinski definition) is 3. The fourth-order valence-electron chi connectivity index (χ4n) is 3.58. The van der Waals surface area contributed by atoms with E-state index < -0.39 is 0 Å². The zero-order chi connectivity index (χ0) is 12.8. The predicted molar refractivity (Wildman–Crippen MR) is 80.9 cm³/mol. The van der Waals surface area contributed by atoms with E-state index in [9.17, 15) is 0 Å².